The van der Waals surface area contributed by atoms with Crippen LogP contribution in [-0.2, 0) is 4.79 Å². The van der Waals surface area contributed by atoms with Crippen LogP contribution in [0.5, 0.6) is 11.5 Å². The van der Waals surface area contributed by atoms with Crippen LogP contribution in [0.15, 0.2) is 36.4 Å². The number of carbonyl (C=O) groups excluding carboxylic acids is 1. The van der Waals surface area contributed by atoms with Gasteiger partial charge in [-0.15, -0.1) is 0 Å². The number of ether oxygens (including phenoxy) is 2. The van der Waals surface area contributed by atoms with Crippen LogP contribution in [0.1, 0.15) is 35.6 Å². The summed E-state index contributed by atoms with van der Waals surface area (Å²) in [4.78, 5) is 12.4. The molecule has 0 aromatic heterocycles. The third kappa shape index (κ3) is 5.25. The number of hydrogen-bond acceptors (Lipinski definition) is 3. The second-order valence-electron chi connectivity index (χ2n) is 6.62. The van der Waals surface area contributed by atoms with Crippen molar-refractivity contribution < 1.29 is 14.3 Å². The summed E-state index contributed by atoms with van der Waals surface area (Å²) in [5, 5.41) is 2.90. The van der Waals surface area contributed by atoms with Crippen molar-refractivity contribution in [3.63, 3.8) is 0 Å². The van der Waals surface area contributed by atoms with Gasteiger partial charge in [-0.2, -0.15) is 0 Å². The summed E-state index contributed by atoms with van der Waals surface area (Å²) in [6.07, 6.45) is 0.105. The van der Waals surface area contributed by atoms with Gasteiger partial charge < -0.3 is 14.8 Å². The molecular formula is C22H29NO3. The van der Waals surface area contributed by atoms with Crippen LogP contribution in [-0.4, -0.2) is 25.2 Å². The minimum absolute atomic E-state index is 0.113. The SMILES string of the molecule is CC[C@H](Oc1cc(C)ccc1C)C(=O)NCCOc1cccc(C)c1C. The monoisotopic (exact) mass is 355 g/mol. The van der Waals surface area contributed by atoms with Crippen molar-refractivity contribution in [2.75, 3.05) is 13.2 Å². The van der Waals surface area contributed by atoms with E-state index in [0.717, 1.165) is 28.2 Å². The van der Waals surface area contributed by atoms with E-state index in [4.69, 9.17) is 9.47 Å². The summed E-state index contributed by atoms with van der Waals surface area (Å²) in [6.45, 7) is 10.9. The molecule has 2 aromatic rings. The number of amides is 1. The molecule has 0 spiro atoms. The van der Waals surface area contributed by atoms with Crippen LogP contribution < -0.4 is 14.8 Å². The maximum absolute atomic E-state index is 12.4. The quantitative estimate of drug-likeness (QED) is 0.719. The van der Waals surface area contributed by atoms with Crippen LogP contribution in [0.4, 0.5) is 0 Å². The zero-order chi connectivity index (χ0) is 19.1. The Balaban J connectivity index is 1.85. The summed E-state index contributed by atoms with van der Waals surface area (Å²) in [5.41, 5.74) is 4.46. The minimum Gasteiger partial charge on any atom is -0.491 e. The van der Waals surface area contributed by atoms with E-state index in [9.17, 15) is 4.79 Å². The second-order valence-corrected chi connectivity index (χ2v) is 6.62. The lowest BCUT2D eigenvalue weighted by Crippen LogP contribution is -2.39. The van der Waals surface area contributed by atoms with E-state index in [1.165, 1.54) is 5.56 Å². The molecular weight excluding hydrogens is 326 g/mol. The molecule has 0 aliphatic rings. The van der Waals surface area contributed by atoms with Gasteiger partial charge in [0.1, 0.15) is 18.1 Å². The number of aryl methyl sites for hydroxylation is 3. The lowest BCUT2D eigenvalue weighted by Gasteiger charge is -2.19. The third-order valence-electron chi connectivity index (χ3n) is 4.49. The zero-order valence-corrected chi connectivity index (χ0v) is 16.4. The van der Waals surface area contributed by atoms with E-state index in [0.29, 0.717) is 19.6 Å². The summed E-state index contributed by atoms with van der Waals surface area (Å²) < 4.78 is 11.7. The van der Waals surface area contributed by atoms with Gasteiger partial charge in [0, 0.05) is 0 Å². The predicted molar refractivity (Wildman–Crippen MR) is 105 cm³/mol. The summed E-state index contributed by atoms with van der Waals surface area (Å²) in [5.74, 6) is 1.51. The van der Waals surface area contributed by atoms with Gasteiger partial charge in [0.25, 0.3) is 5.91 Å². The Kier molecular flexibility index (Phi) is 7.07. The molecule has 2 aromatic carbocycles. The molecule has 4 heteroatoms. The van der Waals surface area contributed by atoms with E-state index in [1.807, 2.05) is 58.0 Å². The fourth-order valence-electron chi connectivity index (χ4n) is 2.64. The fraction of sp³-hybridized carbons (Fsp3) is 0.409. The molecule has 0 fully saturated rings. The number of hydrogen-bond donors (Lipinski definition) is 1. The first-order chi connectivity index (χ1) is 12.4. The average molecular weight is 355 g/mol. The first kappa shape index (κ1) is 19.8. The van der Waals surface area contributed by atoms with Gasteiger partial charge in [-0.25, -0.2) is 0 Å². The number of benzene rings is 2. The molecule has 0 unspecified atom stereocenters. The van der Waals surface area contributed by atoms with E-state index in [1.54, 1.807) is 0 Å². The summed E-state index contributed by atoms with van der Waals surface area (Å²) in [7, 11) is 0. The molecule has 0 aliphatic heterocycles. The smallest absolute Gasteiger partial charge is 0.261 e. The maximum Gasteiger partial charge on any atom is 0.261 e. The van der Waals surface area contributed by atoms with Gasteiger partial charge in [0.05, 0.1) is 6.54 Å². The highest BCUT2D eigenvalue weighted by atomic mass is 16.5. The Morgan fingerprint density at radius 2 is 1.81 bits per heavy atom. The molecule has 0 saturated heterocycles. The molecule has 1 amide bonds. The highest BCUT2D eigenvalue weighted by Gasteiger charge is 2.18. The van der Waals surface area contributed by atoms with Crippen LogP contribution in [0.25, 0.3) is 0 Å². The van der Waals surface area contributed by atoms with Gasteiger partial charge in [0.2, 0.25) is 0 Å². The van der Waals surface area contributed by atoms with Crippen molar-refractivity contribution >= 4 is 5.91 Å². The Morgan fingerprint density at radius 1 is 1.04 bits per heavy atom. The van der Waals surface area contributed by atoms with Crippen LogP contribution in [0, 0.1) is 27.7 Å². The Hall–Kier alpha value is -2.49. The first-order valence-corrected chi connectivity index (χ1v) is 9.13. The molecule has 26 heavy (non-hydrogen) atoms. The Morgan fingerprint density at radius 3 is 2.54 bits per heavy atom. The highest BCUT2D eigenvalue weighted by Crippen LogP contribution is 2.22. The molecule has 0 aliphatic carbocycles. The molecule has 140 valence electrons. The van der Waals surface area contributed by atoms with Gasteiger partial charge in [0.15, 0.2) is 6.10 Å². The van der Waals surface area contributed by atoms with Crippen molar-refractivity contribution in [3.8, 4) is 11.5 Å². The van der Waals surface area contributed by atoms with Crippen molar-refractivity contribution in [2.45, 2.75) is 47.1 Å². The maximum atomic E-state index is 12.4. The molecule has 0 radical (unpaired) electrons. The van der Waals surface area contributed by atoms with Crippen LogP contribution >= 0.6 is 0 Å². The normalized spacial score (nSPS) is 11.7. The summed E-state index contributed by atoms with van der Waals surface area (Å²) >= 11 is 0. The predicted octanol–water partition coefficient (Wildman–Crippen LogP) is 4.27. The van der Waals surface area contributed by atoms with Crippen LogP contribution in [0.2, 0.25) is 0 Å². The molecule has 4 nitrogen and oxygen atoms in total. The Bertz CT molecular complexity index is 755. The van der Waals surface area contributed by atoms with Crippen molar-refractivity contribution in [3.05, 3.63) is 58.7 Å². The van der Waals surface area contributed by atoms with Gasteiger partial charge in [-0.1, -0.05) is 31.2 Å². The zero-order valence-electron chi connectivity index (χ0n) is 16.4. The minimum atomic E-state index is -0.504. The number of rotatable bonds is 8. The highest BCUT2D eigenvalue weighted by molar-refractivity contribution is 5.81. The topological polar surface area (TPSA) is 47.6 Å². The molecule has 2 rings (SSSR count). The van der Waals surface area contributed by atoms with Crippen LogP contribution in [0.3, 0.4) is 0 Å². The summed E-state index contributed by atoms with van der Waals surface area (Å²) in [6, 6.07) is 12.0. The van der Waals surface area contributed by atoms with Gasteiger partial charge in [-0.3, -0.25) is 4.79 Å². The number of nitrogens with one attached hydrogen (secondary N) is 1. The van der Waals surface area contributed by atoms with E-state index < -0.39 is 6.10 Å². The van der Waals surface area contributed by atoms with E-state index >= 15 is 0 Å². The van der Waals surface area contributed by atoms with E-state index in [-0.39, 0.29) is 5.91 Å². The molecule has 0 heterocycles. The molecule has 1 atom stereocenters. The lowest BCUT2D eigenvalue weighted by atomic mass is 10.1. The molecule has 0 bridgehead atoms. The Labute approximate surface area is 156 Å². The van der Waals surface area contributed by atoms with Gasteiger partial charge >= 0.3 is 0 Å². The van der Waals surface area contributed by atoms with Gasteiger partial charge in [-0.05, 0) is 68.5 Å². The van der Waals surface area contributed by atoms with Crippen molar-refractivity contribution in [1.82, 2.24) is 5.32 Å². The first-order valence-electron chi connectivity index (χ1n) is 9.13. The second kappa shape index (κ2) is 9.27. The standard InChI is InChI=1S/C22H29NO3/c1-6-19(26-21-14-15(2)10-11-17(21)4)22(24)23-12-13-25-20-9-7-8-16(3)18(20)5/h7-11,14,19H,6,12-13H2,1-5H3,(H,23,24)/t19-/m0/s1. The number of carbonyl (C=O) groups is 1. The largest absolute Gasteiger partial charge is 0.491 e. The molecule has 0 saturated carbocycles. The van der Waals surface area contributed by atoms with Crippen molar-refractivity contribution in [1.29, 1.82) is 0 Å². The lowest BCUT2D eigenvalue weighted by molar-refractivity contribution is -0.128. The third-order valence-corrected chi connectivity index (χ3v) is 4.49. The average Bonchev–Trinajstić information content (AvgIpc) is 2.62. The van der Waals surface area contributed by atoms with E-state index in [2.05, 4.69) is 18.3 Å². The van der Waals surface area contributed by atoms with Crippen molar-refractivity contribution in [2.24, 2.45) is 0 Å². The molecule has 1 N–H and O–H groups in total. The fourth-order valence-corrected chi connectivity index (χ4v) is 2.64.